The van der Waals surface area contributed by atoms with E-state index in [1.165, 1.54) is 5.56 Å². The van der Waals surface area contributed by atoms with E-state index < -0.39 is 0 Å². The summed E-state index contributed by atoms with van der Waals surface area (Å²) >= 11 is 12.1. The molecule has 2 heterocycles. The van der Waals surface area contributed by atoms with Gasteiger partial charge in [0, 0.05) is 16.0 Å². The summed E-state index contributed by atoms with van der Waals surface area (Å²) in [5.74, 6) is 0.724. The molecule has 0 N–H and O–H groups in total. The Bertz CT molecular complexity index is 909. The Labute approximate surface area is 156 Å². The molecule has 0 saturated heterocycles. The number of Topliss-reactive ketones (excluding diaryl/α,β-unsaturated/α-hetero) is 1. The fourth-order valence-corrected chi connectivity index (χ4v) is 4.16. The predicted molar refractivity (Wildman–Crippen MR) is 101 cm³/mol. The number of halogens is 2. The third-order valence-corrected chi connectivity index (χ3v) is 5.65. The van der Waals surface area contributed by atoms with Gasteiger partial charge in [0.1, 0.15) is 0 Å². The van der Waals surface area contributed by atoms with E-state index >= 15 is 0 Å². The zero-order valence-corrected chi connectivity index (χ0v) is 15.2. The molecule has 1 fully saturated rings. The SMILES string of the molecule is O=C(c1cc(Cl)cc2cncn12)C1CCC(c2ccc(Cl)cc2)CC1. The molecule has 0 bridgehead atoms. The van der Waals surface area contributed by atoms with Crippen LogP contribution in [0.5, 0.6) is 0 Å². The summed E-state index contributed by atoms with van der Waals surface area (Å²) in [6.07, 6.45) is 7.24. The number of carbonyl (C=O) groups is 1. The average molecular weight is 373 g/mol. The number of hydrogen-bond donors (Lipinski definition) is 0. The lowest BCUT2D eigenvalue weighted by Gasteiger charge is -2.28. The van der Waals surface area contributed by atoms with Gasteiger partial charge in [-0.1, -0.05) is 35.3 Å². The number of imidazole rings is 1. The number of hydrogen-bond acceptors (Lipinski definition) is 2. The molecule has 5 heteroatoms. The summed E-state index contributed by atoms with van der Waals surface area (Å²) < 4.78 is 1.83. The summed E-state index contributed by atoms with van der Waals surface area (Å²) in [6.45, 7) is 0. The normalized spacial score (nSPS) is 20.7. The summed E-state index contributed by atoms with van der Waals surface area (Å²) in [7, 11) is 0. The van der Waals surface area contributed by atoms with Gasteiger partial charge in [-0.2, -0.15) is 0 Å². The highest BCUT2D eigenvalue weighted by atomic mass is 35.5. The molecular weight excluding hydrogens is 355 g/mol. The fraction of sp³-hybridized carbons (Fsp3) is 0.300. The molecule has 128 valence electrons. The van der Waals surface area contributed by atoms with Crippen LogP contribution in [0.1, 0.15) is 47.7 Å². The Kier molecular flexibility index (Phi) is 4.53. The first-order valence-corrected chi connectivity index (χ1v) is 9.28. The zero-order chi connectivity index (χ0) is 17.4. The first-order chi connectivity index (χ1) is 12.1. The molecule has 3 aromatic rings. The van der Waals surface area contributed by atoms with Gasteiger partial charge in [-0.25, -0.2) is 4.98 Å². The van der Waals surface area contributed by atoms with Crippen LogP contribution >= 0.6 is 23.2 Å². The van der Waals surface area contributed by atoms with Crippen molar-refractivity contribution >= 4 is 34.5 Å². The molecule has 1 aromatic carbocycles. The minimum absolute atomic E-state index is 0.0487. The second-order valence-corrected chi connectivity index (χ2v) is 7.58. The highest BCUT2D eigenvalue weighted by Crippen LogP contribution is 2.37. The summed E-state index contributed by atoms with van der Waals surface area (Å²) in [6, 6.07) is 11.7. The van der Waals surface area contributed by atoms with Gasteiger partial charge in [0.2, 0.25) is 0 Å². The number of rotatable bonds is 3. The number of benzene rings is 1. The molecule has 0 radical (unpaired) electrons. The van der Waals surface area contributed by atoms with E-state index in [4.69, 9.17) is 23.2 Å². The van der Waals surface area contributed by atoms with Crippen molar-refractivity contribution in [3.05, 3.63) is 70.2 Å². The second kappa shape index (κ2) is 6.81. The van der Waals surface area contributed by atoms with E-state index in [1.54, 1.807) is 18.6 Å². The van der Waals surface area contributed by atoms with E-state index in [9.17, 15) is 4.79 Å². The largest absolute Gasteiger partial charge is 0.296 e. The number of pyridine rings is 1. The first kappa shape index (κ1) is 16.6. The minimum Gasteiger partial charge on any atom is -0.296 e. The smallest absolute Gasteiger partial charge is 0.182 e. The Hall–Kier alpha value is -1.84. The molecule has 3 nitrogen and oxygen atoms in total. The minimum atomic E-state index is 0.0487. The van der Waals surface area contributed by atoms with Crippen LogP contribution in [0.2, 0.25) is 10.0 Å². The molecule has 1 aliphatic rings. The van der Waals surface area contributed by atoms with Crippen LogP contribution in [0, 0.1) is 5.92 Å². The van der Waals surface area contributed by atoms with E-state index in [0.29, 0.717) is 16.6 Å². The molecule has 0 aliphatic heterocycles. The molecule has 2 aromatic heterocycles. The number of ketones is 1. The van der Waals surface area contributed by atoms with E-state index in [2.05, 4.69) is 17.1 Å². The maximum absolute atomic E-state index is 13.0. The zero-order valence-electron chi connectivity index (χ0n) is 13.7. The monoisotopic (exact) mass is 372 g/mol. The maximum atomic E-state index is 13.0. The van der Waals surface area contributed by atoms with Crippen LogP contribution in [0.4, 0.5) is 0 Å². The van der Waals surface area contributed by atoms with Crippen molar-refractivity contribution in [1.29, 1.82) is 0 Å². The number of aromatic nitrogens is 2. The van der Waals surface area contributed by atoms with Crippen LogP contribution in [0.15, 0.2) is 48.9 Å². The molecule has 4 rings (SSSR count). The van der Waals surface area contributed by atoms with E-state index in [-0.39, 0.29) is 11.7 Å². The Morgan fingerprint density at radius 1 is 1.00 bits per heavy atom. The Balaban J connectivity index is 1.51. The van der Waals surface area contributed by atoms with E-state index in [0.717, 1.165) is 36.2 Å². The number of nitrogens with zero attached hydrogens (tertiary/aromatic N) is 2. The molecular formula is C20H18Cl2N2O. The highest BCUT2D eigenvalue weighted by molar-refractivity contribution is 6.31. The third kappa shape index (κ3) is 3.31. The fourth-order valence-electron chi connectivity index (χ4n) is 3.82. The van der Waals surface area contributed by atoms with Gasteiger partial charge in [0.15, 0.2) is 5.78 Å². The van der Waals surface area contributed by atoms with Crippen LogP contribution in [0.3, 0.4) is 0 Å². The summed E-state index contributed by atoms with van der Waals surface area (Å²) in [5, 5.41) is 1.34. The van der Waals surface area contributed by atoms with E-state index in [1.807, 2.05) is 22.6 Å². The molecule has 0 amide bonds. The van der Waals surface area contributed by atoms with Gasteiger partial charge in [0.05, 0.1) is 23.7 Å². The lowest BCUT2D eigenvalue weighted by Crippen LogP contribution is -2.23. The number of fused-ring (bicyclic) bond motifs is 1. The van der Waals surface area contributed by atoms with Crippen molar-refractivity contribution in [1.82, 2.24) is 9.38 Å². The standard InChI is InChI=1S/C20H18Cl2N2O/c21-16-7-5-14(6-8-16)13-1-3-15(4-2-13)20(25)19-10-17(22)9-18-11-23-12-24(18)19/h5-13,15H,1-4H2. The molecule has 0 unspecified atom stereocenters. The topological polar surface area (TPSA) is 34.4 Å². The third-order valence-electron chi connectivity index (χ3n) is 5.18. The lowest BCUT2D eigenvalue weighted by molar-refractivity contribution is 0.0877. The Morgan fingerprint density at radius 2 is 1.72 bits per heavy atom. The van der Waals surface area contributed by atoms with Crippen molar-refractivity contribution in [2.75, 3.05) is 0 Å². The molecule has 1 saturated carbocycles. The van der Waals surface area contributed by atoms with Gasteiger partial charge in [-0.05, 0) is 61.4 Å². The van der Waals surface area contributed by atoms with Crippen molar-refractivity contribution in [3.8, 4) is 0 Å². The summed E-state index contributed by atoms with van der Waals surface area (Å²) in [5.41, 5.74) is 2.80. The Morgan fingerprint density at radius 3 is 2.44 bits per heavy atom. The second-order valence-electron chi connectivity index (χ2n) is 6.71. The van der Waals surface area contributed by atoms with Gasteiger partial charge in [-0.3, -0.25) is 9.20 Å². The van der Waals surface area contributed by atoms with Gasteiger partial charge >= 0.3 is 0 Å². The lowest BCUT2D eigenvalue weighted by atomic mass is 9.76. The van der Waals surface area contributed by atoms with Gasteiger partial charge in [0.25, 0.3) is 0 Å². The first-order valence-electron chi connectivity index (χ1n) is 8.53. The van der Waals surface area contributed by atoms with Crippen molar-refractivity contribution in [2.45, 2.75) is 31.6 Å². The van der Waals surface area contributed by atoms with Gasteiger partial charge < -0.3 is 0 Å². The van der Waals surface area contributed by atoms with Crippen LogP contribution < -0.4 is 0 Å². The summed E-state index contributed by atoms with van der Waals surface area (Å²) in [4.78, 5) is 17.2. The van der Waals surface area contributed by atoms with Crippen molar-refractivity contribution in [2.24, 2.45) is 5.92 Å². The van der Waals surface area contributed by atoms with Gasteiger partial charge in [-0.15, -0.1) is 0 Å². The predicted octanol–water partition coefficient (Wildman–Crippen LogP) is 5.80. The quantitative estimate of drug-likeness (QED) is 0.544. The van der Waals surface area contributed by atoms with Crippen molar-refractivity contribution in [3.63, 3.8) is 0 Å². The van der Waals surface area contributed by atoms with Crippen LogP contribution in [-0.2, 0) is 0 Å². The molecule has 0 atom stereocenters. The van der Waals surface area contributed by atoms with Crippen LogP contribution in [-0.4, -0.2) is 15.2 Å². The molecule has 25 heavy (non-hydrogen) atoms. The number of carbonyl (C=O) groups excluding carboxylic acids is 1. The highest BCUT2D eigenvalue weighted by Gasteiger charge is 2.29. The molecule has 0 spiro atoms. The van der Waals surface area contributed by atoms with Crippen molar-refractivity contribution < 1.29 is 4.79 Å². The molecule has 1 aliphatic carbocycles. The maximum Gasteiger partial charge on any atom is 0.182 e. The average Bonchev–Trinajstić information content (AvgIpc) is 3.09. The van der Waals surface area contributed by atoms with Crippen LogP contribution in [0.25, 0.3) is 5.52 Å².